The van der Waals surface area contributed by atoms with Crippen LogP contribution in [0, 0.1) is 5.92 Å². The van der Waals surface area contributed by atoms with E-state index in [4.69, 9.17) is 5.73 Å². The van der Waals surface area contributed by atoms with Gasteiger partial charge in [0.1, 0.15) is 12.1 Å². The van der Waals surface area contributed by atoms with Crippen molar-refractivity contribution in [3.8, 4) is 0 Å². The van der Waals surface area contributed by atoms with Crippen LogP contribution in [0.4, 0.5) is 0 Å². The molecule has 1 fully saturated rings. The van der Waals surface area contributed by atoms with E-state index in [1.54, 1.807) is 13.8 Å². The average molecular weight is 342 g/mol. The van der Waals surface area contributed by atoms with Gasteiger partial charge < -0.3 is 26.8 Å². The molecule has 2 amide bonds. The van der Waals surface area contributed by atoms with E-state index in [2.05, 4.69) is 16.0 Å². The zero-order valence-electron chi connectivity index (χ0n) is 14.5. The molecule has 0 unspecified atom stereocenters. The normalized spacial score (nSPS) is 19.8. The highest BCUT2D eigenvalue weighted by Gasteiger charge is 2.30. The molecule has 0 aliphatic carbocycles. The van der Waals surface area contributed by atoms with Crippen LogP contribution in [0.2, 0.25) is 0 Å². The van der Waals surface area contributed by atoms with E-state index in [-0.39, 0.29) is 17.9 Å². The van der Waals surface area contributed by atoms with Crippen LogP contribution >= 0.6 is 0 Å². The van der Waals surface area contributed by atoms with E-state index < -0.39 is 24.0 Å². The summed E-state index contributed by atoms with van der Waals surface area (Å²) in [5.74, 6) is -2.00. The molecule has 0 saturated carbocycles. The Morgan fingerprint density at radius 3 is 2.46 bits per heavy atom. The first-order chi connectivity index (χ1) is 11.4. The number of hydrogen-bond acceptors (Lipinski definition) is 5. The predicted molar refractivity (Wildman–Crippen MR) is 90.3 cm³/mol. The second kappa shape index (κ2) is 10.2. The number of carboxylic acids is 1. The SMILES string of the molecule is CC(C)[C@H](NC(=O)[C@H](CCCCN)NC(=O)[C@@H]1CCCN1)C(=O)O. The van der Waals surface area contributed by atoms with Crippen molar-refractivity contribution in [1.82, 2.24) is 16.0 Å². The van der Waals surface area contributed by atoms with Gasteiger partial charge in [-0.1, -0.05) is 13.8 Å². The summed E-state index contributed by atoms with van der Waals surface area (Å²) in [4.78, 5) is 36.0. The lowest BCUT2D eigenvalue weighted by molar-refractivity contribution is -0.143. The summed E-state index contributed by atoms with van der Waals surface area (Å²) in [6.45, 7) is 4.75. The van der Waals surface area contributed by atoms with Gasteiger partial charge in [-0.05, 0) is 51.1 Å². The molecule has 0 bridgehead atoms. The number of carboxylic acid groups (broad SMARTS) is 1. The Hall–Kier alpha value is -1.67. The number of hydrogen-bond donors (Lipinski definition) is 5. The highest BCUT2D eigenvalue weighted by atomic mass is 16.4. The van der Waals surface area contributed by atoms with E-state index >= 15 is 0 Å². The first kappa shape index (κ1) is 20.4. The highest BCUT2D eigenvalue weighted by Crippen LogP contribution is 2.09. The van der Waals surface area contributed by atoms with E-state index in [9.17, 15) is 19.5 Å². The van der Waals surface area contributed by atoms with Crippen LogP contribution in [-0.4, -0.2) is 54.1 Å². The molecule has 0 radical (unpaired) electrons. The maximum Gasteiger partial charge on any atom is 0.326 e. The average Bonchev–Trinajstić information content (AvgIpc) is 3.05. The zero-order valence-corrected chi connectivity index (χ0v) is 14.5. The number of nitrogens with one attached hydrogen (secondary N) is 3. The molecule has 1 aliphatic rings. The van der Waals surface area contributed by atoms with Gasteiger partial charge >= 0.3 is 5.97 Å². The summed E-state index contributed by atoms with van der Waals surface area (Å²) < 4.78 is 0. The molecule has 0 aromatic heterocycles. The first-order valence-electron chi connectivity index (χ1n) is 8.63. The minimum absolute atomic E-state index is 0.211. The molecule has 0 aromatic carbocycles. The van der Waals surface area contributed by atoms with Gasteiger partial charge in [-0.25, -0.2) is 4.79 Å². The van der Waals surface area contributed by atoms with Crippen LogP contribution in [0.3, 0.4) is 0 Å². The topological polar surface area (TPSA) is 134 Å². The Bertz CT molecular complexity index is 436. The number of amides is 2. The van der Waals surface area contributed by atoms with Crippen molar-refractivity contribution in [2.75, 3.05) is 13.1 Å². The lowest BCUT2D eigenvalue weighted by Gasteiger charge is -2.24. The van der Waals surface area contributed by atoms with Crippen LogP contribution in [-0.2, 0) is 14.4 Å². The molecule has 8 heteroatoms. The van der Waals surface area contributed by atoms with Crippen molar-refractivity contribution in [3.63, 3.8) is 0 Å². The molecule has 1 heterocycles. The predicted octanol–water partition coefficient (Wildman–Crippen LogP) is -0.422. The van der Waals surface area contributed by atoms with Crippen molar-refractivity contribution in [3.05, 3.63) is 0 Å². The maximum atomic E-state index is 12.5. The third kappa shape index (κ3) is 6.45. The van der Waals surface area contributed by atoms with E-state index in [1.165, 1.54) is 0 Å². The number of carbonyl (C=O) groups excluding carboxylic acids is 2. The van der Waals surface area contributed by atoms with Gasteiger partial charge in [-0.2, -0.15) is 0 Å². The van der Waals surface area contributed by atoms with Gasteiger partial charge in [0, 0.05) is 0 Å². The van der Waals surface area contributed by atoms with Crippen molar-refractivity contribution in [2.24, 2.45) is 11.7 Å². The van der Waals surface area contributed by atoms with Crippen LogP contribution < -0.4 is 21.7 Å². The van der Waals surface area contributed by atoms with Crippen LogP contribution in [0.5, 0.6) is 0 Å². The van der Waals surface area contributed by atoms with Crippen molar-refractivity contribution in [1.29, 1.82) is 0 Å². The molecule has 1 aliphatic heterocycles. The van der Waals surface area contributed by atoms with Gasteiger partial charge in [0.25, 0.3) is 0 Å². The smallest absolute Gasteiger partial charge is 0.326 e. The molecule has 1 rings (SSSR count). The number of nitrogens with two attached hydrogens (primary N) is 1. The van der Waals surface area contributed by atoms with E-state index in [0.29, 0.717) is 19.4 Å². The molecule has 6 N–H and O–H groups in total. The minimum atomic E-state index is -1.08. The number of unbranched alkanes of at least 4 members (excludes halogenated alkanes) is 1. The van der Waals surface area contributed by atoms with E-state index in [1.807, 2.05) is 0 Å². The molecule has 8 nitrogen and oxygen atoms in total. The quantitative estimate of drug-likeness (QED) is 0.342. The molecule has 138 valence electrons. The molecule has 3 atom stereocenters. The second-order valence-corrected chi connectivity index (χ2v) is 6.56. The van der Waals surface area contributed by atoms with Crippen LogP contribution in [0.15, 0.2) is 0 Å². The standard InChI is InChI=1S/C16H30N4O4/c1-10(2)13(16(23)24)20-15(22)12(6-3-4-8-17)19-14(21)11-7-5-9-18-11/h10-13,18H,3-9,17H2,1-2H3,(H,19,21)(H,20,22)(H,23,24)/t11-,12-,13-/m0/s1. The molecular weight excluding hydrogens is 312 g/mol. The summed E-state index contributed by atoms with van der Waals surface area (Å²) in [5, 5.41) is 17.6. The molecule has 24 heavy (non-hydrogen) atoms. The minimum Gasteiger partial charge on any atom is -0.480 e. The summed E-state index contributed by atoms with van der Waals surface area (Å²) >= 11 is 0. The number of carbonyl (C=O) groups is 3. The number of aliphatic carboxylic acids is 1. The van der Waals surface area contributed by atoms with Gasteiger partial charge in [-0.15, -0.1) is 0 Å². The Morgan fingerprint density at radius 1 is 1.25 bits per heavy atom. The highest BCUT2D eigenvalue weighted by molar-refractivity contribution is 5.91. The molecule has 0 aromatic rings. The Morgan fingerprint density at radius 2 is 1.96 bits per heavy atom. The molecular formula is C16H30N4O4. The fraction of sp³-hybridized carbons (Fsp3) is 0.812. The first-order valence-corrected chi connectivity index (χ1v) is 8.63. The second-order valence-electron chi connectivity index (χ2n) is 6.56. The van der Waals surface area contributed by atoms with Crippen LogP contribution in [0.25, 0.3) is 0 Å². The number of rotatable bonds is 10. The lowest BCUT2D eigenvalue weighted by Crippen LogP contribution is -2.55. The Balaban J connectivity index is 2.69. The zero-order chi connectivity index (χ0) is 18.1. The largest absolute Gasteiger partial charge is 0.480 e. The van der Waals surface area contributed by atoms with Crippen molar-refractivity contribution >= 4 is 17.8 Å². The fourth-order valence-electron chi connectivity index (χ4n) is 2.71. The van der Waals surface area contributed by atoms with Gasteiger partial charge in [0.05, 0.1) is 6.04 Å². The van der Waals surface area contributed by atoms with Gasteiger partial charge in [0.15, 0.2) is 0 Å². The Labute approximate surface area is 142 Å². The third-order valence-electron chi connectivity index (χ3n) is 4.19. The van der Waals surface area contributed by atoms with E-state index in [0.717, 1.165) is 25.8 Å². The maximum absolute atomic E-state index is 12.5. The van der Waals surface area contributed by atoms with Crippen LogP contribution in [0.1, 0.15) is 46.0 Å². The monoisotopic (exact) mass is 342 g/mol. The summed E-state index contributed by atoms with van der Waals surface area (Å²) in [7, 11) is 0. The third-order valence-corrected chi connectivity index (χ3v) is 4.19. The summed E-state index contributed by atoms with van der Waals surface area (Å²) in [5.41, 5.74) is 5.48. The summed E-state index contributed by atoms with van der Waals surface area (Å²) in [6, 6.07) is -2.00. The molecule has 1 saturated heterocycles. The Kier molecular flexibility index (Phi) is 8.70. The van der Waals surface area contributed by atoms with Gasteiger partial charge in [-0.3, -0.25) is 9.59 Å². The van der Waals surface area contributed by atoms with Crippen molar-refractivity contribution < 1.29 is 19.5 Å². The van der Waals surface area contributed by atoms with Gasteiger partial charge in [0.2, 0.25) is 11.8 Å². The summed E-state index contributed by atoms with van der Waals surface area (Å²) in [6.07, 6.45) is 3.54. The lowest BCUT2D eigenvalue weighted by atomic mass is 10.0. The molecule has 0 spiro atoms. The van der Waals surface area contributed by atoms with Crippen molar-refractivity contribution in [2.45, 2.75) is 64.1 Å². The fourth-order valence-corrected chi connectivity index (χ4v) is 2.71.